The summed E-state index contributed by atoms with van der Waals surface area (Å²) in [5, 5.41) is 3.76. The van der Waals surface area contributed by atoms with Crippen molar-refractivity contribution in [1.29, 1.82) is 0 Å². The minimum Gasteiger partial charge on any atom is -0.361 e. The number of likely N-dealkylation sites (tertiary alicyclic amines) is 1. The summed E-state index contributed by atoms with van der Waals surface area (Å²) in [6.07, 6.45) is 5.36. The number of nitrogens with one attached hydrogen (secondary N) is 2. The van der Waals surface area contributed by atoms with Gasteiger partial charge in [0, 0.05) is 36.6 Å². The van der Waals surface area contributed by atoms with E-state index in [9.17, 15) is 14.4 Å². The molecule has 0 aliphatic carbocycles. The third-order valence-electron chi connectivity index (χ3n) is 5.21. The zero-order valence-electron chi connectivity index (χ0n) is 14.5. The molecule has 1 atom stereocenters. The molecule has 0 saturated carbocycles. The van der Waals surface area contributed by atoms with Crippen molar-refractivity contribution >= 4 is 28.7 Å². The number of aromatic nitrogens is 1. The quantitative estimate of drug-likeness (QED) is 0.819. The molecule has 2 aliphatic rings. The van der Waals surface area contributed by atoms with Crippen molar-refractivity contribution in [2.24, 2.45) is 0 Å². The molecule has 2 aromatic rings. The van der Waals surface area contributed by atoms with E-state index in [4.69, 9.17) is 0 Å². The van der Waals surface area contributed by atoms with E-state index >= 15 is 0 Å². The van der Waals surface area contributed by atoms with E-state index in [0.29, 0.717) is 19.5 Å². The highest BCUT2D eigenvalue weighted by molar-refractivity contribution is 6.06. The number of carbonyl (C=O) groups is 3. The maximum Gasteiger partial charge on any atom is 0.325 e. The Hall–Kier alpha value is -2.83. The van der Waals surface area contributed by atoms with Gasteiger partial charge in [0.15, 0.2) is 0 Å². The number of para-hydroxylation sites is 1. The third kappa shape index (κ3) is 3.05. The first-order valence-corrected chi connectivity index (χ1v) is 9.08. The maximum absolute atomic E-state index is 12.7. The number of piperidine rings is 1. The third-order valence-corrected chi connectivity index (χ3v) is 5.21. The largest absolute Gasteiger partial charge is 0.361 e. The molecule has 2 saturated heterocycles. The van der Waals surface area contributed by atoms with Gasteiger partial charge in [0.2, 0.25) is 5.91 Å². The van der Waals surface area contributed by atoms with E-state index in [1.807, 2.05) is 30.5 Å². The van der Waals surface area contributed by atoms with E-state index < -0.39 is 12.1 Å². The number of nitrogens with zero attached hydrogens (tertiary/aromatic N) is 2. The van der Waals surface area contributed by atoms with Gasteiger partial charge in [0.25, 0.3) is 5.91 Å². The van der Waals surface area contributed by atoms with Crippen molar-refractivity contribution in [3.05, 3.63) is 36.0 Å². The number of imide groups is 1. The minimum atomic E-state index is -0.629. The van der Waals surface area contributed by atoms with Crippen LogP contribution in [-0.2, 0) is 16.0 Å². The van der Waals surface area contributed by atoms with Crippen LogP contribution >= 0.6 is 0 Å². The minimum absolute atomic E-state index is 0.152. The Bertz CT molecular complexity index is 853. The van der Waals surface area contributed by atoms with Crippen molar-refractivity contribution in [2.75, 3.05) is 19.6 Å². The lowest BCUT2D eigenvalue weighted by atomic mass is 10.1. The molecule has 0 bridgehead atoms. The molecule has 4 amide bonds. The Morgan fingerprint density at radius 2 is 1.88 bits per heavy atom. The van der Waals surface area contributed by atoms with Gasteiger partial charge in [-0.25, -0.2) is 4.79 Å². The van der Waals surface area contributed by atoms with Gasteiger partial charge in [-0.3, -0.25) is 14.5 Å². The monoisotopic (exact) mass is 354 g/mol. The van der Waals surface area contributed by atoms with Crippen molar-refractivity contribution in [3.8, 4) is 0 Å². The van der Waals surface area contributed by atoms with Crippen LogP contribution in [0, 0.1) is 0 Å². The van der Waals surface area contributed by atoms with E-state index in [0.717, 1.165) is 40.6 Å². The number of carbonyl (C=O) groups excluding carboxylic acids is 3. The second kappa shape index (κ2) is 6.82. The van der Waals surface area contributed by atoms with Crippen LogP contribution in [0.4, 0.5) is 4.79 Å². The van der Waals surface area contributed by atoms with E-state index in [-0.39, 0.29) is 18.4 Å². The number of fused-ring (bicyclic) bond motifs is 1. The van der Waals surface area contributed by atoms with Gasteiger partial charge in [-0.2, -0.15) is 0 Å². The maximum atomic E-state index is 12.7. The van der Waals surface area contributed by atoms with Crippen molar-refractivity contribution in [3.63, 3.8) is 0 Å². The van der Waals surface area contributed by atoms with Gasteiger partial charge in [-0.15, -0.1) is 0 Å². The topological polar surface area (TPSA) is 85.5 Å². The molecule has 2 aliphatic heterocycles. The molecule has 2 N–H and O–H groups in total. The zero-order chi connectivity index (χ0) is 18.1. The summed E-state index contributed by atoms with van der Waals surface area (Å²) in [6, 6.07) is 6.73. The number of aromatic amines is 1. The number of H-pyrrole nitrogens is 1. The molecule has 2 fully saturated rings. The van der Waals surface area contributed by atoms with Gasteiger partial charge >= 0.3 is 6.03 Å². The fourth-order valence-corrected chi connectivity index (χ4v) is 3.76. The van der Waals surface area contributed by atoms with Gasteiger partial charge in [0.1, 0.15) is 12.6 Å². The van der Waals surface area contributed by atoms with Gasteiger partial charge in [0.05, 0.1) is 0 Å². The van der Waals surface area contributed by atoms with Crippen LogP contribution in [0.2, 0.25) is 0 Å². The molecule has 1 aromatic carbocycles. The molecular formula is C19H22N4O3. The lowest BCUT2D eigenvalue weighted by Crippen LogP contribution is -2.45. The summed E-state index contributed by atoms with van der Waals surface area (Å²) in [7, 11) is 0. The Morgan fingerprint density at radius 3 is 2.69 bits per heavy atom. The molecule has 136 valence electrons. The highest BCUT2D eigenvalue weighted by Crippen LogP contribution is 2.21. The fraction of sp³-hybridized carbons (Fsp3) is 0.421. The second-order valence-electron chi connectivity index (χ2n) is 6.93. The lowest BCUT2D eigenvalue weighted by molar-refractivity contribution is -0.137. The van der Waals surface area contributed by atoms with Crippen LogP contribution in [0.15, 0.2) is 30.5 Å². The molecule has 0 radical (unpaired) electrons. The van der Waals surface area contributed by atoms with E-state index in [1.54, 1.807) is 4.90 Å². The lowest BCUT2D eigenvalue weighted by Gasteiger charge is -2.27. The normalized spacial score (nSPS) is 20.7. The van der Waals surface area contributed by atoms with Gasteiger partial charge in [-0.05, 0) is 30.9 Å². The van der Waals surface area contributed by atoms with Gasteiger partial charge in [-0.1, -0.05) is 18.2 Å². The first-order valence-electron chi connectivity index (χ1n) is 9.08. The summed E-state index contributed by atoms with van der Waals surface area (Å²) in [6.45, 7) is 1.25. The molecular weight excluding hydrogens is 332 g/mol. The number of hydrogen-bond acceptors (Lipinski definition) is 3. The van der Waals surface area contributed by atoms with Crippen molar-refractivity contribution in [1.82, 2.24) is 20.1 Å². The average molecular weight is 354 g/mol. The summed E-state index contributed by atoms with van der Waals surface area (Å²) < 4.78 is 0. The van der Waals surface area contributed by atoms with Crippen molar-refractivity contribution < 1.29 is 14.4 Å². The SMILES string of the molecule is O=C(CN1C(=O)NC(Cc2c[nH]c3ccccc23)C1=O)N1CCCCC1. The zero-order valence-corrected chi connectivity index (χ0v) is 14.5. The number of amides is 4. The smallest absolute Gasteiger partial charge is 0.325 e. The van der Waals surface area contributed by atoms with Crippen molar-refractivity contribution in [2.45, 2.75) is 31.7 Å². The molecule has 0 spiro atoms. The molecule has 1 unspecified atom stereocenters. The highest BCUT2D eigenvalue weighted by atomic mass is 16.2. The first kappa shape index (κ1) is 16.6. The van der Waals surface area contributed by atoms with E-state index in [2.05, 4.69) is 10.3 Å². The van der Waals surface area contributed by atoms with Crippen LogP contribution in [0.3, 0.4) is 0 Å². The summed E-state index contributed by atoms with van der Waals surface area (Å²) in [5.74, 6) is -0.480. The second-order valence-corrected chi connectivity index (χ2v) is 6.93. The van der Waals surface area contributed by atoms with Crippen LogP contribution in [0.1, 0.15) is 24.8 Å². The average Bonchev–Trinajstić information content (AvgIpc) is 3.19. The Balaban J connectivity index is 1.44. The Labute approximate surface area is 151 Å². The first-order chi connectivity index (χ1) is 12.6. The van der Waals surface area contributed by atoms with Crippen LogP contribution in [0.5, 0.6) is 0 Å². The molecule has 26 heavy (non-hydrogen) atoms. The summed E-state index contributed by atoms with van der Waals surface area (Å²) >= 11 is 0. The number of hydrogen-bond donors (Lipinski definition) is 2. The van der Waals surface area contributed by atoms with Gasteiger partial charge < -0.3 is 15.2 Å². The Kier molecular flexibility index (Phi) is 4.36. The predicted molar refractivity (Wildman–Crippen MR) is 96.5 cm³/mol. The standard InChI is InChI=1S/C19H22N4O3/c24-17(22-8-4-1-5-9-22)12-23-18(25)16(21-19(23)26)10-13-11-20-15-7-3-2-6-14(13)15/h2-3,6-7,11,16,20H,1,4-5,8-10,12H2,(H,21,26). The summed E-state index contributed by atoms with van der Waals surface area (Å²) in [4.78, 5) is 43.2. The Morgan fingerprint density at radius 1 is 1.12 bits per heavy atom. The number of urea groups is 1. The summed E-state index contributed by atoms with van der Waals surface area (Å²) in [5.41, 5.74) is 1.97. The molecule has 1 aromatic heterocycles. The number of rotatable bonds is 4. The van der Waals surface area contributed by atoms with Crippen LogP contribution in [0.25, 0.3) is 10.9 Å². The van der Waals surface area contributed by atoms with E-state index in [1.165, 1.54) is 0 Å². The highest BCUT2D eigenvalue weighted by Gasteiger charge is 2.39. The molecule has 7 nitrogen and oxygen atoms in total. The molecule has 4 rings (SSSR count). The van der Waals surface area contributed by atoms with Crippen LogP contribution < -0.4 is 5.32 Å². The predicted octanol–water partition coefficient (Wildman–Crippen LogP) is 1.64. The fourth-order valence-electron chi connectivity index (χ4n) is 3.76. The molecule has 7 heteroatoms. The molecule has 3 heterocycles. The van der Waals surface area contributed by atoms with Crippen LogP contribution in [-0.4, -0.2) is 58.3 Å². The number of benzene rings is 1.